The van der Waals surface area contributed by atoms with Gasteiger partial charge in [0.15, 0.2) is 11.5 Å². The maximum Gasteiger partial charge on any atom is 0.230 e. The number of carbonyl (C=O) groups excluding carboxylic acids is 1. The molecular weight excluding hydrogens is 316 g/mol. The minimum absolute atomic E-state index is 0.161. The molecule has 1 amide bonds. The highest BCUT2D eigenvalue weighted by molar-refractivity contribution is 5.88. The molecule has 1 N–H and O–H groups in total. The van der Waals surface area contributed by atoms with Crippen molar-refractivity contribution in [2.75, 3.05) is 39.4 Å². The van der Waals surface area contributed by atoms with Crippen molar-refractivity contribution in [1.29, 1.82) is 0 Å². The van der Waals surface area contributed by atoms with Crippen molar-refractivity contribution in [3.63, 3.8) is 0 Å². The number of fused-ring (bicyclic) bond motifs is 1. The van der Waals surface area contributed by atoms with E-state index in [0.717, 1.165) is 62.4 Å². The Balaban J connectivity index is 1.74. The molecular formula is C20H30N2O3. The first-order valence-electron chi connectivity index (χ1n) is 9.60. The van der Waals surface area contributed by atoms with Crippen LogP contribution in [0.1, 0.15) is 45.1 Å². The summed E-state index contributed by atoms with van der Waals surface area (Å²) in [6.07, 6.45) is 4.00. The third-order valence-corrected chi connectivity index (χ3v) is 5.59. The smallest absolute Gasteiger partial charge is 0.230 e. The molecule has 1 aliphatic carbocycles. The second-order valence-electron chi connectivity index (χ2n) is 6.93. The van der Waals surface area contributed by atoms with E-state index in [1.807, 2.05) is 18.2 Å². The van der Waals surface area contributed by atoms with Crippen LogP contribution in [0, 0.1) is 0 Å². The summed E-state index contributed by atoms with van der Waals surface area (Å²) in [5.74, 6) is 1.71. The van der Waals surface area contributed by atoms with Crippen molar-refractivity contribution < 1.29 is 14.3 Å². The van der Waals surface area contributed by atoms with E-state index in [0.29, 0.717) is 19.8 Å². The molecule has 25 heavy (non-hydrogen) atoms. The van der Waals surface area contributed by atoms with Crippen LogP contribution in [0.2, 0.25) is 0 Å². The van der Waals surface area contributed by atoms with Gasteiger partial charge in [0.25, 0.3) is 0 Å². The first-order valence-corrected chi connectivity index (χ1v) is 9.60. The zero-order valence-electron chi connectivity index (χ0n) is 15.5. The van der Waals surface area contributed by atoms with E-state index in [4.69, 9.17) is 9.47 Å². The average molecular weight is 346 g/mol. The molecule has 1 fully saturated rings. The number of amides is 1. The Morgan fingerprint density at radius 2 is 1.80 bits per heavy atom. The largest absolute Gasteiger partial charge is 0.486 e. The summed E-state index contributed by atoms with van der Waals surface area (Å²) in [6.45, 7) is 9.09. The standard InChI is InChI=1S/C20H30N2O3/c1-3-22(4-2)12-11-21-19(23)20(9-5-6-10-20)16-7-8-17-18(15-16)25-14-13-24-17/h7-8,15H,3-6,9-14H2,1-2H3,(H,21,23). The number of hydrogen-bond donors (Lipinski definition) is 1. The first kappa shape index (κ1) is 18.1. The van der Waals surface area contributed by atoms with Crippen LogP contribution in [-0.4, -0.2) is 50.2 Å². The molecule has 1 heterocycles. The fourth-order valence-electron chi connectivity index (χ4n) is 4.00. The highest BCUT2D eigenvalue weighted by Gasteiger charge is 2.43. The van der Waals surface area contributed by atoms with Crippen molar-refractivity contribution in [2.24, 2.45) is 0 Å². The Kier molecular flexibility index (Phi) is 5.84. The van der Waals surface area contributed by atoms with Gasteiger partial charge in [0.2, 0.25) is 5.91 Å². The molecule has 0 atom stereocenters. The molecule has 1 aliphatic heterocycles. The van der Waals surface area contributed by atoms with Crippen molar-refractivity contribution in [3.05, 3.63) is 23.8 Å². The van der Waals surface area contributed by atoms with Crippen LogP contribution >= 0.6 is 0 Å². The van der Waals surface area contributed by atoms with Crippen molar-refractivity contribution >= 4 is 5.91 Å². The summed E-state index contributed by atoms with van der Waals surface area (Å²) in [5, 5.41) is 3.19. The Morgan fingerprint density at radius 3 is 2.48 bits per heavy atom. The SMILES string of the molecule is CCN(CC)CCNC(=O)C1(c2ccc3c(c2)OCCO3)CCCC1. The molecule has 0 spiro atoms. The van der Waals surface area contributed by atoms with E-state index in [1.165, 1.54) is 0 Å². The van der Waals surface area contributed by atoms with Gasteiger partial charge in [0.05, 0.1) is 5.41 Å². The lowest BCUT2D eigenvalue weighted by Gasteiger charge is -2.30. The highest BCUT2D eigenvalue weighted by atomic mass is 16.6. The lowest BCUT2D eigenvalue weighted by Crippen LogP contribution is -2.45. The van der Waals surface area contributed by atoms with Crippen LogP contribution in [0.25, 0.3) is 0 Å². The molecule has 5 heteroatoms. The molecule has 1 aromatic carbocycles. The molecule has 2 aliphatic rings. The topological polar surface area (TPSA) is 50.8 Å². The quantitative estimate of drug-likeness (QED) is 0.825. The van der Waals surface area contributed by atoms with Crippen molar-refractivity contribution in [3.8, 4) is 11.5 Å². The molecule has 0 saturated heterocycles. The zero-order chi connectivity index (χ0) is 17.7. The number of nitrogens with zero attached hydrogens (tertiary/aromatic N) is 1. The van der Waals surface area contributed by atoms with Gasteiger partial charge in [-0.15, -0.1) is 0 Å². The molecule has 0 aromatic heterocycles. The highest BCUT2D eigenvalue weighted by Crippen LogP contribution is 2.44. The van der Waals surface area contributed by atoms with Gasteiger partial charge < -0.3 is 19.7 Å². The number of carbonyl (C=O) groups is 1. The molecule has 0 radical (unpaired) electrons. The van der Waals surface area contributed by atoms with Crippen LogP contribution in [0.4, 0.5) is 0 Å². The molecule has 0 unspecified atom stereocenters. The third-order valence-electron chi connectivity index (χ3n) is 5.59. The van der Waals surface area contributed by atoms with Crippen molar-refractivity contribution in [1.82, 2.24) is 10.2 Å². The van der Waals surface area contributed by atoms with E-state index in [-0.39, 0.29) is 5.91 Å². The fraction of sp³-hybridized carbons (Fsp3) is 0.650. The number of benzene rings is 1. The second kappa shape index (κ2) is 8.09. The van der Waals surface area contributed by atoms with E-state index in [2.05, 4.69) is 24.1 Å². The Labute approximate surface area is 150 Å². The van der Waals surface area contributed by atoms with Gasteiger partial charge in [-0.3, -0.25) is 4.79 Å². The Hall–Kier alpha value is -1.75. The maximum absolute atomic E-state index is 13.1. The molecule has 1 saturated carbocycles. The number of likely N-dealkylation sites (N-methyl/N-ethyl adjacent to an activating group) is 1. The van der Waals surface area contributed by atoms with Gasteiger partial charge in [-0.2, -0.15) is 0 Å². The van der Waals surface area contributed by atoms with Gasteiger partial charge in [-0.1, -0.05) is 32.8 Å². The van der Waals surface area contributed by atoms with E-state index in [9.17, 15) is 4.79 Å². The molecule has 5 nitrogen and oxygen atoms in total. The van der Waals surface area contributed by atoms with Gasteiger partial charge in [-0.25, -0.2) is 0 Å². The third kappa shape index (κ3) is 3.76. The van der Waals surface area contributed by atoms with Gasteiger partial charge >= 0.3 is 0 Å². The minimum Gasteiger partial charge on any atom is -0.486 e. The zero-order valence-corrected chi connectivity index (χ0v) is 15.5. The van der Waals surface area contributed by atoms with E-state index >= 15 is 0 Å². The van der Waals surface area contributed by atoms with E-state index < -0.39 is 5.41 Å². The number of hydrogen-bond acceptors (Lipinski definition) is 4. The van der Waals surface area contributed by atoms with Crippen molar-refractivity contribution in [2.45, 2.75) is 44.9 Å². The Morgan fingerprint density at radius 1 is 1.12 bits per heavy atom. The first-order chi connectivity index (χ1) is 12.2. The lowest BCUT2D eigenvalue weighted by molar-refractivity contribution is -0.126. The van der Waals surface area contributed by atoms with Crippen LogP contribution in [0.15, 0.2) is 18.2 Å². The number of nitrogens with one attached hydrogen (secondary N) is 1. The van der Waals surface area contributed by atoms with Crippen LogP contribution in [0.5, 0.6) is 11.5 Å². The predicted octanol–water partition coefficient (Wildman–Crippen LogP) is 2.73. The summed E-state index contributed by atoms with van der Waals surface area (Å²) < 4.78 is 11.3. The number of ether oxygens (including phenoxy) is 2. The normalized spacial score (nSPS) is 18.4. The van der Waals surface area contributed by atoms with Crippen LogP contribution < -0.4 is 14.8 Å². The molecule has 0 bridgehead atoms. The second-order valence-corrected chi connectivity index (χ2v) is 6.93. The summed E-state index contributed by atoms with van der Waals surface area (Å²) in [4.78, 5) is 15.4. The maximum atomic E-state index is 13.1. The summed E-state index contributed by atoms with van der Waals surface area (Å²) in [6, 6.07) is 6.01. The number of rotatable bonds is 7. The Bertz CT molecular complexity index is 593. The fourth-order valence-corrected chi connectivity index (χ4v) is 4.00. The van der Waals surface area contributed by atoms with Gasteiger partial charge in [0, 0.05) is 13.1 Å². The molecule has 138 valence electrons. The summed E-state index contributed by atoms with van der Waals surface area (Å²) >= 11 is 0. The van der Waals surface area contributed by atoms with Gasteiger partial charge in [0.1, 0.15) is 13.2 Å². The minimum atomic E-state index is -0.418. The van der Waals surface area contributed by atoms with E-state index in [1.54, 1.807) is 0 Å². The molecule has 1 aromatic rings. The monoisotopic (exact) mass is 346 g/mol. The lowest BCUT2D eigenvalue weighted by atomic mass is 9.77. The summed E-state index contributed by atoms with van der Waals surface area (Å²) in [7, 11) is 0. The average Bonchev–Trinajstić information content (AvgIpc) is 3.16. The van der Waals surface area contributed by atoms with Gasteiger partial charge in [-0.05, 0) is 43.6 Å². The summed E-state index contributed by atoms with van der Waals surface area (Å²) in [5.41, 5.74) is 0.647. The van der Waals surface area contributed by atoms with Crippen LogP contribution in [-0.2, 0) is 10.2 Å². The predicted molar refractivity (Wildman–Crippen MR) is 98.4 cm³/mol. The molecule has 3 rings (SSSR count). The van der Waals surface area contributed by atoms with Crippen LogP contribution in [0.3, 0.4) is 0 Å².